The van der Waals surface area contributed by atoms with Crippen LogP contribution in [0.5, 0.6) is 11.5 Å². The van der Waals surface area contributed by atoms with Crippen LogP contribution >= 0.6 is 0 Å². The molecule has 2 atom stereocenters. The van der Waals surface area contributed by atoms with Crippen LogP contribution in [0, 0.1) is 12.8 Å². The Morgan fingerprint density at radius 2 is 1.85 bits per heavy atom. The molecule has 2 aromatic rings. The molecule has 136 valence electrons. The number of aryl methyl sites for hydroxylation is 1. The minimum absolute atomic E-state index is 0.00671. The number of ether oxygens (including phenoxy) is 2. The van der Waals surface area contributed by atoms with E-state index in [2.05, 4.69) is 42.2 Å². The molecule has 2 unspecified atom stereocenters. The highest BCUT2D eigenvalue weighted by molar-refractivity contribution is 5.70. The van der Waals surface area contributed by atoms with Gasteiger partial charge in [0.1, 0.15) is 0 Å². The number of carboxylic acids is 1. The molecule has 1 saturated heterocycles. The van der Waals surface area contributed by atoms with Crippen LogP contribution < -0.4 is 9.47 Å². The molecule has 0 aliphatic carbocycles. The molecule has 4 rings (SSSR count). The van der Waals surface area contributed by atoms with Crippen LogP contribution in [0.4, 0.5) is 0 Å². The highest BCUT2D eigenvalue weighted by Crippen LogP contribution is 2.39. The lowest BCUT2D eigenvalue weighted by Crippen LogP contribution is -2.41. The van der Waals surface area contributed by atoms with E-state index < -0.39 is 5.97 Å². The molecular formula is C21H23NO4. The number of carboxylic acid groups (broad SMARTS) is 1. The first-order valence-electron chi connectivity index (χ1n) is 9.05. The molecule has 5 nitrogen and oxygen atoms in total. The van der Waals surface area contributed by atoms with E-state index in [0.29, 0.717) is 6.54 Å². The van der Waals surface area contributed by atoms with Crippen molar-refractivity contribution in [3.8, 4) is 11.5 Å². The Labute approximate surface area is 153 Å². The average molecular weight is 353 g/mol. The second-order valence-electron chi connectivity index (χ2n) is 7.10. The summed E-state index contributed by atoms with van der Waals surface area (Å²) in [6.45, 7) is 3.76. The lowest BCUT2D eigenvalue weighted by atomic mass is 9.91. The number of hydrogen-bond donors (Lipinski definition) is 1. The van der Waals surface area contributed by atoms with Gasteiger partial charge in [0.2, 0.25) is 6.79 Å². The zero-order valence-corrected chi connectivity index (χ0v) is 14.9. The number of nitrogens with zero attached hydrogens (tertiary/aromatic N) is 1. The van der Waals surface area contributed by atoms with Crippen molar-refractivity contribution >= 4 is 5.97 Å². The summed E-state index contributed by atoms with van der Waals surface area (Å²) >= 11 is 0. The maximum Gasteiger partial charge on any atom is 0.307 e. The van der Waals surface area contributed by atoms with Gasteiger partial charge in [-0.05, 0) is 49.6 Å². The molecule has 0 saturated carbocycles. The third-order valence-corrected chi connectivity index (χ3v) is 5.27. The zero-order chi connectivity index (χ0) is 18.1. The monoisotopic (exact) mass is 353 g/mol. The van der Waals surface area contributed by atoms with Crippen LogP contribution in [0.3, 0.4) is 0 Å². The van der Waals surface area contributed by atoms with Crippen molar-refractivity contribution in [1.82, 2.24) is 4.90 Å². The number of aliphatic carboxylic acids is 1. The Bertz CT molecular complexity index is 802. The molecule has 0 radical (unpaired) electrons. The Kier molecular flexibility index (Phi) is 4.55. The van der Waals surface area contributed by atoms with Gasteiger partial charge in [-0.2, -0.15) is 0 Å². The molecule has 26 heavy (non-hydrogen) atoms. The van der Waals surface area contributed by atoms with E-state index in [-0.39, 0.29) is 18.8 Å². The first-order chi connectivity index (χ1) is 12.6. The largest absolute Gasteiger partial charge is 0.481 e. The number of benzene rings is 2. The van der Waals surface area contributed by atoms with Gasteiger partial charge < -0.3 is 14.6 Å². The fourth-order valence-electron chi connectivity index (χ4n) is 3.89. The van der Waals surface area contributed by atoms with Crippen LogP contribution in [0.25, 0.3) is 0 Å². The van der Waals surface area contributed by atoms with E-state index >= 15 is 0 Å². The van der Waals surface area contributed by atoms with Crippen LogP contribution in [0.1, 0.15) is 35.6 Å². The van der Waals surface area contributed by atoms with E-state index in [1.54, 1.807) is 0 Å². The van der Waals surface area contributed by atoms with Crippen molar-refractivity contribution in [3.63, 3.8) is 0 Å². The van der Waals surface area contributed by atoms with Crippen molar-refractivity contribution in [3.05, 3.63) is 59.2 Å². The predicted octanol–water partition coefficient (Wildman–Crippen LogP) is 3.61. The molecule has 1 N–H and O–H groups in total. The first kappa shape index (κ1) is 16.9. The van der Waals surface area contributed by atoms with Crippen LogP contribution in [-0.4, -0.2) is 35.9 Å². The summed E-state index contributed by atoms with van der Waals surface area (Å²) in [5.74, 6) is 0.499. The number of carbonyl (C=O) groups is 1. The summed E-state index contributed by atoms with van der Waals surface area (Å²) in [4.78, 5) is 13.8. The molecule has 5 heteroatoms. The second-order valence-corrected chi connectivity index (χ2v) is 7.10. The van der Waals surface area contributed by atoms with E-state index in [9.17, 15) is 9.90 Å². The highest BCUT2D eigenvalue weighted by atomic mass is 16.7. The predicted molar refractivity (Wildman–Crippen MR) is 97.5 cm³/mol. The first-order valence-corrected chi connectivity index (χ1v) is 9.05. The Hall–Kier alpha value is -2.53. The van der Waals surface area contributed by atoms with Gasteiger partial charge in [0, 0.05) is 6.54 Å². The van der Waals surface area contributed by atoms with Gasteiger partial charge in [0.15, 0.2) is 11.5 Å². The lowest BCUT2D eigenvalue weighted by molar-refractivity contribution is -0.143. The SMILES string of the molecule is Cc1ccc(C(c2ccc3c(c2)OCO3)N2CCCC(C(=O)O)C2)cc1. The van der Waals surface area contributed by atoms with Gasteiger partial charge in [-0.25, -0.2) is 0 Å². The number of fused-ring (bicyclic) bond motifs is 1. The van der Waals surface area contributed by atoms with Gasteiger partial charge in [0.05, 0.1) is 12.0 Å². The zero-order valence-electron chi connectivity index (χ0n) is 14.9. The van der Waals surface area contributed by atoms with Gasteiger partial charge in [0.25, 0.3) is 0 Å². The third-order valence-electron chi connectivity index (χ3n) is 5.27. The van der Waals surface area contributed by atoms with Crippen molar-refractivity contribution < 1.29 is 19.4 Å². The number of piperidine rings is 1. The average Bonchev–Trinajstić information content (AvgIpc) is 3.12. The molecule has 2 aliphatic heterocycles. The molecule has 0 bridgehead atoms. The molecular weight excluding hydrogens is 330 g/mol. The highest BCUT2D eigenvalue weighted by Gasteiger charge is 2.32. The van der Waals surface area contributed by atoms with Crippen molar-refractivity contribution in [1.29, 1.82) is 0 Å². The van der Waals surface area contributed by atoms with E-state index in [1.165, 1.54) is 11.1 Å². The summed E-state index contributed by atoms with van der Waals surface area (Å²) in [6, 6.07) is 14.5. The van der Waals surface area contributed by atoms with Crippen LogP contribution in [0.15, 0.2) is 42.5 Å². The summed E-state index contributed by atoms with van der Waals surface area (Å²) in [7, 11) is 0. The van der Waals surface area contributed by atoms with Crippen molar-refractivity contribution in [2.45, 2.75) is 25.8 Å². The lowest BCUT2D eigenvalue weighted by Gasteiger charge is -2.37. The van der Waals surface area contributed by atoms with Crippen molar-refractivity contribution in [2.75, 3.05) is 19.9 Å². The van der Waals surface area contributed by atoms with E-state index in [1.807, 2.05) is 12.1 Å². The summed E-state index contributed by atoms with van der Waals surface area (Å²) in [5, 5.41) is 9.48. The minimum atomic E-state index is -0.706. The number of likely N-dealkylation sites (tertiary alicyclic amines) is 1. The van der Waals surface area contributed by atoms with E-state index in [4.69, 9.17) is 9.47 Å². The number of hydrogen-bond acceptors (Lipinski definition) is 4. The number of rotatable bonds is 4. The molecule has 0 aromatic heterocycles. The topological polar surface area (TPSA) is 59.0 Å². The molecule has 2 heterocycles. The summed E-state index contributed by atoms with van der Waals surface area (Å²) < 4.78 is 11.0. The Morgan fingerprint density at radius 1 is 1.12 bits per heavy atom. The maximum absolute atomic E-state index is 11.5. The molecule has 1 fully saturated rings. The van der Waals surface area contributed by atoms with Crippen LogP contribution in [-0.2, 0) is 4.79 Å². The standard InChI is InChI=1S/C21H23NO4/c1-14-4-6-15(7-5-14)20(22-10-2-3-17(12-22)21(23)24)16-8-9-18-19(11-16)26-13-25-18/h4-9,11,17,20H,2-3,10,12-13H2,1H3,(H,23,24). The van der Waals surface area contributed by atoms with Crippen LogP contribution in [0.2, 0.25) is 0 Å². The molecule has 2 aromatic carbocycles. The Morgan fingerprint density at radius 3 is 2.62 bits per heavy atom. The normalized spacial score (nSPS) is 20.7. The second kappa shape index (κ2) is 7.00. The Balaban J connectivity index is 1.72. The van der Waals surface area contributed by atoms with Gasteiger partial charge >= 0.3 is 5.97 Å². The van der Waals surface area contributed by atoms with E-state index in [0.717, 1.165) is 36.4 Å². The summed E-state index contributed by atoms with van der Waals surface area (Å²) in [6.07, 6.45) is 1.64. The summed E-state index contributed by atoms with van der Waals surface area (Å²) in [5.41, 5.74) is 3.48. The smallest absolute Gasteiger partial charge is 0.307 e. The third kappa shape index (κ3) is 3.27. The molecule has 0 spiro atoms. The van der Waals surface area contributed by atoms with Crippen molar-refractivity contribution in [2.24, 2.45) is 5.92 Å². The molecule has 0 amide bonds. The van der Waals surface area contributed by atoms with Gasteiger partial charge in [-0.15, -0.1) is 0 Å². The molecule has 2 aliphatic rings. The van der Waals surface area contributed by atoms with Gasteiger partial charge in [-0.1, -0.05) is 35.9 Å². The van der Waals surface area contributed by atoms with Gasteiger partial charge in [-0.3, -0.25) is 9.69 Å². The quantitative estimate of drug-likeness (QED) is 0.910. The fraction of sp³-hybridized carbons (Fsp3) is 0.381. The fourth-order valence-corrected chi connectivity index (χ4v) is 3.89. The maximum atomic E-state index is 11.5. The minimum Gasteiger partial charge on any atom is -0.481 e.